The zero-order valence-corrected chi connectivity index (χ0v) is 12.4. The number of benzene rings is 1. The van der Waals surface area contributed by atoms with Gasteiger partial charge in [0.05, 0.1) is 23.0 Å². The molecule has 4 rings (SSSR count). The van der Waals surface area contributed by atoms with Crippen molar-refractivity contribution in [2.75, 3.05) is 6.54 Å². The van der Waals surface area contributed by atoms with Gasteiger partial charge in [0.1, 0.15) is 6.33 Å². The molecular formula is C14H10BrN3O3. The van der Waals surface area contributed by atoms with Gasteiger partial charge in [-0.2, -0.15) is 0 Å². The van der Waals surface area contributed by atoms with Crippen molar-refractivity contribution in [2.45, 2.75) is 12.5 Å². The average Bonchev–Trinajstić information content (AvgIpc) is 2.78. The summed E-state index contributed by atoms with van der Waals surface area (Å²) >= 11 is 3.42. The first-order chi connectivity index (χ1) is 10.1. The first-order valence-corrected chi connectivity index (χ1v) is 7.29. The summed E-state index contributed by atoms with van der Waals surface area (Å²) in [7, 11) is 0. The number of amides is 1. The summed E-state index contributed by atoms with van der Waals surface area (Å²) in [5.41, 5.74) is 1.82. The highest BCUT2D eigenvalue weighted by molar-refractivity contribution is 9.10. The van der Waals surface area contributed by atoms with Crippen LogP contribution in [0.1, 0.15) is 39.0 Å². The summed E-state index contributed by atoms with van der Waals surface area (Å²) in [5, 5.41) is 9.33. The molecule has 1 fully saturated rings. The van der Waals surface area contributed by atoms with Gasteiger partial charge in [0.2, 0.25) is 0 Å². The number of fused-ring (bicyclic) bond motifs is 5. The van der Waals surface area contributed by atoms with Crippen molar-refractivity contribution in [2.24, 2.45) is 0 Å². The fraction of sp³-hybridized carbons (Fsp3) is 0.214. The van der Waals surface area contributed by atoms with Gasteiger partial charge in [-0.05, 0) is 34.5 Å². The molecule has 1 N–H and O–H groups in total. The molecule has 0 spiro atoms. The molecule has 1 amide bonds. The molecule has 7 heteroatoms. The lowest BCUT2D eigenvalue weighted by atomic mass is 9.97. The predicted molar refractivity (Wildman–Crippen MR) is 76.6 cm³/mol. The van der Waals surface area contributed by atoms with Crippen molar-refractivity contribution >= 4 is 27.8 Å². The Morgan fingerprint density at radius 1 is 1.43 bits per heavy atom. The van der Waals surface area contributed by atoms with Crippen LogP contribution < -0.4 is 0 Å². The number of aromatic carboxylic acids is 1. The van der Waals surface area contributed by atoms with Crippen LogP contribution in [-0.4, -0.2) is 38.0 Å². The van der Waals surface area contributed by atoms with E-state index in [1.165, 1.54) is 6.33 Å². The summed E-state index contributed by atoms with van der Waals surface area (Å²) in [6.45, 7) is 0.633. The molecule has 0 bridgehead atoms. The van der Waals surface area contributed by atoms with Crippen LogP contribution in [0.2, 0.25) is 0 Å². The van der Waals surface area contributed by atoms with Gasteiger partial charge >= 0.3 is 5.97 Å². The number of nitrogens with zero attached hydrogens (tertiary/aromatic N) is 3. The Kier molecular flexibility index (Phi) is 2.50. The van der Waals surface area contributed by atoms with Crippen LogP contribution in [-0.2, 0) is 0 Å². The van der Waals surface area contributed by atoms with Crippen LogP contribution >= 0.6 is 15.9 Å². The molecule has 0 radical (unpaired) electrons. The maximum atomic E-state index is 12.7. The van der Waals surface area contributed by atoms with Crippen molar-refractivity contribution in [3.8, 4) is 5.69 Å². The number of rotatable bonds is 1. The highest BCUT2D eigenvalue weighted by Crippen LogP contribution is 2.42. The van der Waals surface area contributed by atoms with E-state index in [-0.39, 0.29) is 17.6 Å². The molecule has 6 nitrogen and oxygen atoms in total. The minimum Gasteiger partial charge on any atom is -0.476 e. The number of carboxylic acids is 1. The van der Waals surface area contributed by atoms with Gasteiger partial charge in [0.15, 0.2) is 5.69 Å². The van der Waals surface area contributed by atoms with Crippen molar-refractivity contribution in [1.82, 2.24) is 14.5 Å². The number of hydrogen-bond donors (Lipinski definition) is 1. The van der Waals surface area contributed by atoms with E-state index in [0.29, 0.717) is 28.0 Å². The van der Waals surface area contributed by atoms with Gasteiger partial charge in [-0.15, -0.1) is 0 Å². The number of hydrogen-bond acceptors (Lipinski definition) is 3. The lowest BCUT2D eigenvalue weighted by molar-refractivity contribution is 0.0448. The molecule has 1 aromatic carbocycles. The molecule has 0 aliphatic carbocycles. The first-order valence-electron chi connectivity index (χ1n) is 6.50. The molecule has 2 aliphatic heterocycles. The zero-order valence-electron chi connectivity index (χ0n) is 10.8. The van der Waals surface area contributed by atoms with Gasteiger partial charge in [-0.1, -0.05) is 6.07 Å². The van der Waals surface area contributed by atoms with Crippen LogP contribution in [0, 0.1) is 0 Å². The fourth-order valence-electron chi connectivity index (χ4n) is 3.02. The number of imidazole rings is 1. The Bertz CT molecular complexity index is 799. The van der Waals surface area contributed by atoms with Crippen LogP contribution in [0.5, 0.6) is 0 Å². The molecule has 21 heavy (non-hydrogen) atoms. The van der Waals surface area contributed by atoms with Gasteiger partial charge < -0.3 is 10.0 Å². The van der Waals surface area contributed by atoms with Crippen LogP contribution in [0.4, 0.5) is 0 Å². The molecule has 1 saturated heterocycles. The van der Waals surface area contributed by atoms with E-state index in [4.69, 9.17) is 0 Å². The zero-order chi connectivity index (χ0) is 14.7. The second-order valence-corrected chi connectivity index (χ2v) is 5.94. The highest BCUT2D eigenvalue weighted by Gasteiger charge is 2.43. The summed E-state index contributed by atoms with van der Waals surface area (Å²) < 4.78 is 2.43. The Hall–Kier alpha value is -2.15. The SMILES string of the molecule is O=C(O)c1ncn2c1[C@@H]1CCN1C(=O)c1c(Br)cccc1-2. The smallest absolute Gasteiger partial charge is 0.356 e. The molecule has 0 unspecified atom stereocenters. The summed E-state index contributed by atoms with van der Waals surface area (Å²) in [5.74, 6) is -1.14. The van der Waals surface area contributed by atoms with E-state index in [1.54, 1.807) is 15.5 Å². The predicted octanol–water partition coefficient (Wildman–Crippen LogP) is 2.23. The highest BCUT2D eigenvalue weighted by atomic mass is 79.9. The Morgan fingerprint density at radius 2 is 2.24 bits per heavy atom. The standard InChI is InChI=1S/C14H10BrN3O3/c15-7-2-1-3-8-10(7)13(19)17-5-4-9(17)12-11(14(20)21)16-6-18(8)12/h1-3,6,9H,4-5H2,(H,20,21)/t9-/m0/s1. The maximum absolute atomic E-state index is 12.7. The average molecular weight is 348 g/mol. The van der Waals surface area contributed by atoms with Gasteiger partial charge in [-0.25, -0.2) is 9.78 Å². The molecule has 2 aliphatic rings. The van der Waals surface area contributed by atoms with Crippen molar-refractivity contribution in [1.29, 1.82) is 0 Å². The quantitative estimate of drug-likeness (QED) is 0.858. The Morgan fingerprint density at radius 3 is 2.90 bits per heavy atom. The van der Waals surface area contributed by atoms with Crippen LogP contribution in [0.15, 0.2) is 29.0 Å². The van der Waals surface area contributed by atoms with Crippen molar-refractivity contribution < 1.29 is 14.7 Å². The largest absolute Gasteiger partial charge is 0.476 e. The third-order valence-electron chi connectivity index (χ3n) is 4.07. The summed E-state index contributed by atoms with van der Waals surface area (Å²) in [6, 6.07) is 5.22. The van der Waals surface area contributed by atoms with E-state index in [1.807, 2.05) is 12.1 Å². The van der Waals surface area contributed by atoms with E-state index in [0.717, 1.165) is 6.42 Å². The molecule has 3 heterocycles. The second kappa shape index (κ2) is 4.17. The third-order valence-corrected chi connectivity index (χ3v) is 4.73. The number of carboxylic acid groups (broad SMARTS) is 1. The number of halogens is 1. The molecular weight excluding hydrogens is 338 g/mol. The van der Waals surface area contributed by atoms with Crippen LogP contribution in [0.3, 0.4) is 0 Å². The molecule has 1 aromatic heterocycles. The minimum absolute atomic E-state index is 0.0188. The van der Waals surface area contributed by atoms with Crippen molar-refractivity contribution in [3.63, 3.8) is 0 Å². The molecule has 0 saturated carbocycles. The summed E-state index contributed by atoms with van der Waals surface area (Å²) in [4.78, 5) is 29.8. The fourth-order valence-corrected chi connectivity index (χ4v) is 3.54. The lowest BCUT2D eigenvalue weighted by Crippen LogP contribution is -2.45. The van der Waals surface area contributed by atoms with Gasteiger partial charge in [0, 0.05) is 11.0 Å². The lowest BCUT2D eigenvalue weighted by Gasteiger charge is -2.39. The van der Waals surface area contributed by atoms with Gasteiger partial charge in [0.25, 0.3) is 5.91 Å². The van der Waals surface area contributed by atoms with E-state index < -0.39 is 5.97 Å². The summed E-state index contributed by atoms with van der Waals surface area (Å²) in [6.07, 6.45) is 2.24. The Labute approximate surface area is 128 Å². The Balaban J connectivity index is 2.07. The topological polar surface area (TPSA) is 75.4 Å². The van der Waals surface area contributed by atoms with E-state index in [9.17, 15) is 14.7 Å². The second-order valence-electron chi connectivity index (χ2n) is 5.09. The number of aromatic nitrogens is 2. The monoisotopic (exact) mass is 347 g/mol. The molecule has 2 aromatic rings. The first kappa shape index (κ1) is 12.6. The molecule has 106 valence electrons. The third kappa shape index (κ3) is 1.55. The molecule has 1 atom stereocenters. The van der Waals surface area contributed by atoms with E-state index >= 15 is 0 Å². The number of carbonyl (C=O) groups excluding carboxylic acids is 1. The van der Waals surface area contributed by atoms with Crippen molar-refractivity contribution in [3.05, 3.63) is 46.0 Å². The van der Waals surface area contributed by atoms with Gasteiger partial charge in [-0.3, -0.25) is 9.36 Å². The van der Waals surface area contributed by atoms with Crippen LogP contribution in [0.25, 0.3) is 5.69 Å². The number of carbonyl (C=O) groups is 2. The maximum Gasteiger partial charge on any atom is 0.356 e. The normalized spacial score (nSPS) is 19.2. The van der Waals surface area contributed by atoms with E-state index in [2.05, 4.69) is 20.9 Å². The minimum atomic E-state index is -1.07.